The molecular formula is C15H20N6O2. The van der Waals surface area contributed by atoms with E-state index in [1.165, 1.54) is 0 Å². The highest BCUT2D eigenvalue weighted by molar-refractivity contribution is 5.93. The fourth-order valence-corrected chi connectivity index (χ4v) is 3.45. The van der Waals surface area contributed by atoms with E-state index in [-0.39, 0.29) is 11.9 Å². The zero-order valence-corrected chi connectivity index (χ0v) is 13.2. The number of nitrogens with zero attached hydrogens (tertiary/aromatic N) is 5. The van der Waals surface area contributed by atoms with E-state index in [0.717, 1.165) is 62.5 Å². The molecule has 0 unspecified atom stereocenters. The second-order valence-electron chi connectivity index (χ2n) is 6.17. The van der Waals surface area contributed by atoms with Crippen molar-refractivity contribution in [3.63, 3.8) is 0 Å². The molecule has 2 aliphatic rings. The Bertz CT molecular complexity index is 698. The molecule has 2 aromatic heterocycles. The lowest BCUT2D eigenvalue weighted by Gasteiger charge is -2.22. The fourth-order valence-electron chi connectivity index (χ4n) is 3.45. The van der Waals surface area contributed by atoms with Gasteiger partial charge in [-0.05, 0) is 38.8 Å². The predicted octanol–water partition coefficient (Wildman–Crippen LogP) is 1.05. The number of hydrogen-bond donors (Lipinski definition) is 1. The second-order valence-corrected chi connectivity index (χ2v) is 6.17. The maximum absolute atomic E-state index is 12.9. The van der Waals surface area contributed by atoms with Crippen molar-refractivity contribution in [1.82, 2.24) is 30.3 Å². The summed E-state index contributed by atoms with van der Waals surface area (Å²) in [6.45, 7) is 5.17. The molecule has 0 saturated carbocycles. The van der Waals surface area contributed by atoms with Crippen LogP contribution in [0.2, 0.25) is 0 Å². The highest BCUT2D eigenvalue weighted by Gasteiger charge is 2.35. The summed E-state index contributed by atoms with van der Waals surface area (Å²) in [5, 5.41) is 15.7. The number of hydrogen-bond acceptors (Lipinski definition) is 6. The first-order chi connectivity index (χ1) is 11.2. The largest absolute Gasteiger partial charge is 0.328 e. The zero-order valence-electron chi connectivity index (χ0n) is 13.2. The Morgan fingerprint density at radius 2 is 2.26 bits per heavy atom. The van der Waals surface area contributed by atoms with Crippen LogP contribution in [0, 0.1) is 6.92 Å². The number of rotatable bonds is 2. The fraction of sp³-hybridized carbons (Fsp3) is 0.600. The van der Waals surface area contributed by atoms with Gasteiger partial charge in [0.25, 0.3) is 5.91 Å². The van der Waals surface area contributed by atoms with E-state index in [4.69, 9.17) is 4.63 Å². The molecule has 2 aromatic rings. The van der Waals surface area contributed by atoms with Gasteiger partial charge in [0.05, 0.1) is 11.7 Å². The first-order valence-electron chi connectivity index (χ1n) is 8.11. The van der Waals surface area contributed by atoms with Crippen LogP contribution in [-0.2, 0) is 13.1 Å². The number of carbonyl (C=O) groups is 1. The van der Waals surface area contributed by atoms with E-state index < -0.39 is 0 Å². The van der Waals surface area contributed by atoms with E-state index >= 15 is 0 Å². The summed E-state index contributed by atoms with van der Waals surface area (Å²) in [7, 11) is 0. The average molecular weight is 316 g/mol. The van der Waals surface area contributed by atoms with Crippen molar-refractivity contribution in [1.29, 1.82) is 0 Å². The first-order valence-corrected chi connectivity index (χ1v) is 8.11. The Balaban J connectivity index is 1.60. The van der Waals surface area contributed by atoms with Crippen LogP contribution in [0.15, 0.2) is 10.7 Å². The minimum Gasteiger partial charge on any atom is -0.328 e. The van der Waals surface area contributed by atoms with Crippen molar-refractivity contribution in [2.24, 2.45) is 0 Å². The molecule has 0 aliphatic carbocycles. The van der Waals surface area contributed by atoms with E-state index in [1.807, 2.05) is 22.6 Å². The summed E-state index contributed by atoms with van der Waals surface area (Å²) in [6.07, 6.45) is 2.87. The van der Waals surface area contributed by atoms with E-state index in [1.54, 1.807) is 0 Å². The van der Waals surface area contributed by atoms with Crippen molar-refractivity contribution in [3.8, 4) is 0 Å². The molecule has 0 bridgehead atoms. The molecule has 1 fully saturated rings. The van der Waals surface area contributed by atoms with Gasteiger partial charge in [-0.1, -0.05) is 10.3 Å². The van der Waals surface area contributed by atoms with Crippen LogP contribution < -0.4 is 5.32 Å². The van der Waals surface area contributed by atoms with E-state index in [0.29, 0.717) is 5.69 Å². The Hall–Kier alpha value is -2.22. The van der Waals surface area contributed by atoms with Gasteiger partial charge < -0.3 is 10.2 Å². The van der Waals surface area contributed by atoms with Gasteiger partial charge in [0.1, 0.15) is 11.4 Å². The normalized spacial score (nSPS) is 21.3. The Kier molecular flexibility index (Phi) is 3.60. The smallest absolute Gasteiger partial charge is 0.274 e. The molecule has 8 heteroatoms. The van der Waals surface area contributed by atoms with Gasteiger partial charge in [-0.2, -0.15) is 5.10 Å². The Morgan fingerprint density at radius 3 is 3.09 bits per heavy atom. The molecule has 0 aromatic carbocycles. The quantitative estimate of drug-likeness (QED) is 0.890. The van der Waals surface area contributed by atoms with Crippen LogP contribution in [0.3, 0.4) is 0 Å². The monoisotopic (exact) mass is 316 g/mol. The molecule has 1 amide bonds. The molecule has 8 nitrogen and oxygen atoms in total. The van der Waals surface area contributed by atoms with Crippen molar-refractivity contribution in [2.75, 3.05) is 13.1 Å². The molecule has 2 aliphatic heterocycles. The van der Waals surface area contributed by atoms with Gasteiger partial charge in [0.15, 0.2) is 5.69 Å². The van der Waals surface area contributed by atoms with Crippen LogP contribution in [-0.4, -0.2) is 44.0 Å². The third kappa shape index (κ3) is 2.52. The second kappa shape index (κ2) is 5.77. The minimum atomic E-state index is -0.0617. The lowest BCUT2D eigenvalue weighted by Crippen LogP contribution is -2.31. The molecule has 4 rings (SSSR count). The Morgan fingerprint density at radius 1 is 1.35 bits per heavy atom. The minimum absolute atomic E-state index is 0.0320. The van der Waals surface area contributed by atoms with Crippen molar-refractivity contribution >= 4 is 5.91 Å². The summed E-state index contributed by atoms with van der Waals surface area (Å²) in [4.78, 5) is 14.8. The molecule has 1 N–H and O–H groups in total. The maximum atomic E-state index is 12.9. The molecule has 1 atom stereocenters. The number of aryl methyl sites for hydroxylation is 2. The lowest BCUT2D eigenvalue weighted by molar-refractivity contribution is 0.0723. The number of likely N-dealkylation sites (tertiary alicyclic amines) is 1. The number of fused-ring (bicyclic) bond motifs is 1. The van der Waals surface area contributed by atoms with Crippen molar-refractivity contribution in [3.05, 3.63) is 28.8 Å². The van der Waals surface area contributed by atoms with Crippen LogP contribution in [0.4, 0.5) is 0 Å². The van der Waals surface area contributed by atoms with Gasteiger partial charge in [-0.3, -0.25) is 9.48 Å². The summed E-state index contributed by atoms with van der Waals surface area (Å²) in [5.41, 5.74) is 3.10. The van der Waals surface area contributed by atoms with Gasteiger partial charge in [-0.15, -0.1) is 0 Å². The standard InChI is InChI=1S/C15H20N6O2/c1-10-14(19-23-18-10)13-4-2-6-20(13)15(22)12-8-11-9-16-5-3-7-21(11)17-12/h8,13,16H,2-7,9H2,1H3/t13-/m0/s1. The topological polar surface area (TPSA) is 89.1 Å². The van der Waals surface area contributed by atoms with Crippen LogP contribution in [0.5, 0.6) is 0 Å². The number of nitrogens with one attached hydrogen (secondary N) is 1. The van der Waals surface area contributed by atoms with E-state index in [9.17, 15) is 4.79 Å². The predicted molar refractivity (Wildman–Crippen MR) is 80.6 cm³/mol. The summed E-state index contributed by atoms with van der Waals surface area (Å²) < 4.78 is 6.75. The maximum Gasteiger partial charge on any atom is 0.274 e. The summed E-state index contributed by atoms with van der Waals surface area (Å²) in [5.74, 6) is -0.0320. The molecule has 1 saturated heterocycles. The van der Waals surface area contributed by atoms with E-state index in [2.05, 4.69) is 20.7 Å². The van der Waals surface area contributed by atoms with Gasteiger partial charge in [0, 0.05) is 19.6 Å². The summed E-state index contributed by atoms with van der Waals surface area (Å²) in [6, 6.07) is 1.84. The van der Waals surface area contributed by atoms with Gasteiger partial charge in [-0.25, -0.2) is 4.63 Å². The highest BCUT2D eigenvalue weighted by Crippen LogP contribution is 2.33. The number of aromatic nitrogens is 4. The van der Waals surface area contributed by atoms with Crippen LogP contribution >= 0.6 is 0 Å². The molecule has 23 heavy (non-hydrogen) atoms. The van der Waals surface area contributed by atoms with Crippen molar-refractivity contribution in [2.45, 2.75) is 45.3 Å². The molecular weight excluding hydrogens is 296 g/mol. The number of amides is 1. The molecule has 0 radical (unpaired) electrons. The number of carbonyl (C=O) groups excluding carboxylic acids is 1. The summed E-state index contributed by atoms with van der Waals surface area (Å²) >= 11 is 0. The SMILES string of the molecule is Cc1nonc1[C@@H]1CCCN1C(=O)c1cc2n(n1)CCCNC2. The third-order valence-corrected chi connectivity index (χ3v) is 4.63. The van der Waals surface area contributed by atoms with Crippen molar-refractivity contribution < 1.29 is 9.42 Å². The first kappa shape index (κ1) is 14.4. The average Bonchev–Trinajstić information content (AvgIpc) is 3.24. The van der Waals surface area contributed by atoms with Crippen LogP contribution in [0.25, 0.3) is 0 Å². The third-order valence-electron chi connectivity index (χ3n) is 4.63. The Labute approximate surface area is 133 Å². The molecule has 0 spiro atoms. The molecule has 4 heterocycles. The van der Waals surface area contributed by atoms with Crippen LogP contribution in [0.1, 0.15) is 52.9 Å². The van der Waals surface area contributed by atoms with Gasteiger partial charge in [0.2, 0.25) is 0 Å². The lowest BCUT2D eigenvalue weighted by atomic mass is 10.1. The molecule has 122 valence electrons. The zero-order chi connectivity index (χ0) is 15.8. The van der Waals surface area contributed by atoms with Gasteiger partial charge >= 0.3 is 0 Å². The highest BCUT2D eigenvalue weighted by atomic mass is 16.6.